The van der Waals surface area contributed by atoms with E-state index in [-0.39, 0.29) is 5.78 Å². The molecule has 0 amide bonds. The second-order valence-corrected chi connectivity index (χ2v) is 7.38. The minimum Gasteiger partial charge on any atom is -0.486 e. The summed E-state index contributed by atoms with van der Waals surface area (Å²) in [5.41, 5.74) is 5.02. The molecular weight excluding hydrogens is 348 g/mol. The van der Waals surface area contributed by atoms with Gasteiger partial charge in [-0.3, -0.25) is 4.79 Å². The van der Waals surface area contributed by atoms with Crippen molar-refractivity contribution in [2.75, 3.05) is 13.2 Å². The van der Waals surface area contributed by atoms with E-state index in [2.05, 4.69) is 43.3 Å². The fourth-order valence-corrected chi connectivity index (χ4v) is 4.09. The first kappa shape index (κ1) is 18.5. The fourth-order valence-electron chi connectivity index (χ4n) is 4.09. The molecule has 3 nitrogen and oxygen atoms in total. The highest BCUT2D eigenvalue weighted by Gasteiger charge is 2.23. The van der Waals surface area contributed by atoms with Crippen molar-refractivity contribution in [1.29, 1.82) is 0 Å². The van der Waals surface area contributed by atoms with Gasteiger partial charge < -0.3 is 9.47 Å². The third-order valence-electron chi connectivity index (χ3n) is 5.52. The molecule has 4 rings (SSSR count). The number of Topliss-reactive ketones (excluding diaryl/α,β-unsaturated/α-hetero) is 1. The molecule has 0 saturated heterocycles. The van der Waals surface area contributed by atoms with E-state index in [0.29, 0.717) is 32.0 Å². The van der Waals surface area contributed by atoms with Crippen molar-refractivity contribution in [2.45, 2.75) is 32.6 Å². The molecule has 1 unspecified atom stereocenters. The Bertz CT molecular complexity index is 909. The molecule has 0 fully saturated rings. The van der Waals surface area contributed by atoms with Gasteiger partial charge in [0, 0.05) is 18.8 Å². The smallest absolute Gasteiger partial charge is 0.161 e. The molecule has 0 bridgehead atoms. The summed E-state index contributed by atoms with van der Waals surface area (Å²) in [5.74, 6) is 2.20. The van der Waals surface area contributed by atoms with Gasteiger partial charge in [-0.25, -0.2) is 0 Å². The largest absolute Gasteiger partial charge is 0.486 e. The second-order valence-electron chi connectivity index (χ2n) is 7.38. The van der Waals surface area contributed by atoms with Gasteiger partial charge in [0.05, 0.1) is 0 Å². The van der Waals surface area contributed by atoms with Crippen LogP contribution in [0, 0.1) is 5.92 Å². The van der Waals surface area contributed by atoms with E-state index in [1.807, 2.05) is 24.3 Å². The number of hydrogen-bond donors (Lipinski definition) is 0. The normalized spacial score (nSPS) is 17.8. The Morgan fingerprint density at radius 1 is 1.00 bits per heavy atom. The van der Waals surface area contributed by atoms with Crippen LogP contribution in [0.5, 0.6) is 11.5 Å². The van der Waals surface area contributed by atoms with E-state index in [4.69, 9.17) is 9.47 Å². The molecule has 144 valence electrons. The summed E-state index contributed by atoms with van der Waals surface area (Å²) >= 11 is 0. The van der Waals surface area contributed by atoms with Crippen molar-refractivity contribution in [3.05, 3.63) is 77.4 Å². The lowest BCUT2D eigenvalue weighted by molar-refractivity contribution is -0.118. The van der Waals surface area contributed by atoms with Crippen LogP contribution < -0.4 is 9.47 Å². The van der Waals surface area contributed by atoms with Crippen LogP contribution in [0.25, 0.3) is 5.57 Å². The van der Waals surface area contributed by atoms with E-state index in [1.54, 1.807) is 0 Å². The SMILES string of the molecule is CCC1C(CCC(=O)Cc2ccc3c(c2)OCCO3)=CC=C1c1ccccc1. The summed E-state index contributed by atoms with van der Waals surface area (Å²) in [6.45, 7) is 3.36. The maximum Gasteiger partial charge on any atom is 0.161 e. The third-order valence-corrected chi connectivity index (χ3v) is 5.52. The standard InChI is InChI=1S/C25H26O3/c1-2-22-20(10-12-23(22)19-6-4-3-5-7-19)9-11-21(26)16-18-8-13-24-25(17-18)28-15-14-27-24/h3-8,10,12-13,17,22H,2,9,11,14-16H2,1H3. The van der Waals surface area contributed by atoms with Gasteiger partial charge in [-0.15, -0.1) is 0 Å². The zero-order chi connectivity index (χ0) is 19.3. The number of hydrogen-bond acceptors (Lipinski definition) is 3. The van der Waals surface area contributed by atoms with Crippen molar-refractivity contribution in [2.24, 2.45) is 5.92 Å². The van der Waals surface area contributed by atoms with Gasteiger partial charge in [-0.1, -0.05) is 61.0 Å². The maximum atomic E-state index is 12.6. The molecule has 0 spiro atoms. The molecule has 1 heterocycles. The molecule has 0 radical (unpaired) electrons. The Morgan fingerprint density at radius 3 is 2.57 bits per heavy atom. The maximum absolute atomic E-state index is 12.6. The van der Waals surface area contributed by atoms with Crippen LogP contribution in [-0.2, 0) is 11.2 Å². The fraction of sp³-hybridized carbons (Fsp3) is 0.320. The molecule has 1 aliphatic heterocycles. The van der Waals surface area contributed by atoms with Crippen molar-refractivity contribution in [1.82, 2.24) is 0 Å². The number of rotatable bonds is 7. The van der Waals surface area contributed by atoms with Gasteiger partial charge in [-0.05, 0) is 41.7 Å². The van der Waals surface area contributed by atoms with Crippen molar-refractivity contribution in [3.63, 3.8) is 0 Å². The lowest BCUT2D eigenvalue weighted by Crippen LogP contribution is -2.15. The Labute approximate surface area is 166 Å². The van der Waals surface area contributed by atoms with Gasteiger partial charge in [0.2, 0.25) is 0 Å². The van der Waals surface area contributed by atoms with E-state index in [9.17, 15) is 4.79 Å². The highest BCUT2D eigenvalue weighted by molar-refractivity contribution is 5.82. The second kappa shape index (κ2) is 8.47. The van der Waals surface area contributed by atoms with Gasteiger partial charge in [0.1, 0.15) is 19.0 Å². The Balaban J connectivity index is 1.34. The number of carbonyl (C=O) groups excluding carboxylic acids is 1. The first-order chi connectivity index (χ1) is 13.7. The van der Waals surface area contributed by atoms with Gasteiger partial charge >= 0.3 is 0 Å². The molecule has 28 heavy (non-hydrogen) atoms. The average Bonchev–Trinajstić information content (AvgIpc) is 3.16. The molecule has 1 aliphatic carbocycles. The van der Waals surface area contributed by atoms with Crippen LogP contribution in [0.1, 0.15) is 37.3 Å². The molecule has 0 saturated carbocycles. The topological polar surface area (TPSA) is 35.5 Å². The van der Waals surface area contributed by atoms with E-state index in [0.717, 1.165) is 29.9 Å². The average molecular weight is 374 g/mol. The lowest BCUT2D eigenvalue weighted by Gasteiger charge is -2.19. The Morgan fingerprint density at radius 2 is 1.79 bits per heavy atom. The molecule has 0 N–H and O–H groups in total. The molecule has 2 aliphatic rings. The summed E-state index contributed by atoms with van der Waals surface area (Å²) in [6.07, 6.45) is 7.35. The van der Waals surface area contributed by atoms with E-state index in [1.165, 1.54) is 16.7 Å². The molecule has 0 aromatic heterocycles. The number of allylic oxidation sites excluding steroid dienone is 4. The van der Waals surface area contributed by atoms with Crippen LogP contribution in [0.15, 0.2) is 66.3 Å². The minimum atomic E-state index is 0.264. The van der Waals surface area contributed by atoms with Crippen LogP contribution in [0.3, 0.4) is 0 Å². The molecule has 1 atom stereocenters. The lowest BCUT2D eigenvalue weighted by atomic mass is 9.86. The predicted molar refractivity (Wildman–Crippen MR) is 112 cm³/mol. The van der Waals surface area contributed by atoms with Gasteiger partial charge in [0.15, 0.2) is 11.5 Å². The number of carbonyl (C=O) groups is 1. The molecular formula is C25H26O3. The highest BCUT2D eigenvalue weighted by atomic mass is 16.6. The van der Waals surface area contributed by atoms with Crippen LogP contribution in [0.2, 0.25) is 0 Å². The first-order valence-electron chi connectivity index (χ1n) is 10.1. The van der Waals surface area contributed by atoms with Crippen molar-refractivity contribution < 1.29 is 14.3 Å². The molecule has 2 aromatic carbocycles. The summed E-state index contributed by atoms with van der Waals surface area (Å²) in [6, 6.07) is 16.3. The number of benzene rings is 2. The Kier molecular flexibility index (Phi) is 5.61. The number of ether oxygens (including phenoxy) is 2. The number of fused-ring (bicyclic) bond motifs is 1. The first-order valence-corrected chi connectivity index (χ1v) is 10.1. The summed E-state index contributed by atoms with van der Waals surface area (Å²) < 4.78 is 11.2. The predicted octanol–water partition coefficient (Wildman–Crippen LogP) is 5.40. The summed E-state index contributed by atoms with van der Waals surface area (Å²) in [5, 5.41) is 0. The molecule has 3 heteroatoms. The third kappa shape index (κ3) is 4.04. The van der Waals surface area contributed by atoms with Crippen LogP contribution in [-0.4, -0.2) is 19.0 Å². The molecule has 2 aromatic rings. The monoisotopic (exact) mass is 374 g/mol. The quantitative estimate of drug-likeness (QED) is 0.651. The van der Waals surface area contributed by atoms with Crippen molar-refractivity contribution >= 4 is 11.4 Å². The summed E-state index contributed by atoms with van der Waals surface area (Å²) in [4.78, 5) is 12.6. The van der Waals surface area contributed by atoms with Gasteiger partial charge in [-0.2, -0.15) is 0 Å². The summed E-state index contributed by atoms with van der Waals surface area (Å²) in [7, 11) is 0. The zero-order valence-corrected chi connectivity index (χ0v) is 16.3. The van der Waals surface area contributed by atoms with Crippen molar-refractivity contribution in [3.8, 4) is 11.5 Å². The number of ketones is 1. The van der Waals surface area contributed by atoms with E-state index >= 15 is 0 Å². The van der Waals surface area contributed by atoms with Crippen LogP contribution in [0.4, 0.5) is 0 Å². The van der Waals surface area contributed by atoms with Crippen LogP contribution >= 0.6 is 0 Å². The zero-order valence-electron chi connectivity index (χ0n) is 16.3. The minimum absolute atomic E-state index is 0.264. The van der Waals surface area contributed by atoms with E-state index < -0.39 is 0 Å². The Hall–Kier alpha value is -2.81. The highest BCUT2D eigenvalue weighted by Crippen LogP contribution is 2.38. The van der Waals surface area contributed by atoms with Gasteiger partial charge in [0.25, 0.3) is 0 Å².